The van der Waals surface area contributed by atoms with Crippen LogP contribution >= 0.6 is 0 Å². The molecule has 0 N–H and O–H groups in total. The summed E-state index contributed by atoms with van der Waals surface area (Å²) in [6.45, 7) is 2.69. The molecule has 0 radical (unpaired) electrons. The molecule has 0 unspecified atom stereocenters. The van der Waals surface area contributed by atoms with Crippen LogP contribution in [0.4, 0.5) is 0 Å². The number of carbonyl (C=O) groups excluding carboxylic acids is 2. The van der Waals surface area contributed by atoms with Gasteiger partial charge in [-0.05, 0) is 44.0 Å². The average molecular weight is 391 g/mol. The van der Waals surface area contributed by atoms with Gasteiger partial charge in [-0.1, -0.05) is 0 Å². The summed E-state index contributed by atoms with van der Waals surface area (Å²) >= 11 is 0. The first kappa shape index (κ1) is 19.2. The van der Waals surface area contributed by atoms with Gasteiger partial charge in [0.15, 0.2) is 0 Å². The summed E-state index contributed by atoms with van der Waals surface area (Å²) in [4.78, 5) is 22.7. The molecular formula is C18H21N3O5S. The Balaban J connectivity index is 1.75. The molecule has 0 bridgehead atoms. The third-order valence-electron chi connectivity index (χ3n) is 4.52. The Labute approximate surface area is 157 Å². The lowest BCUT2D eigenvalue weighted by molar-refractivity contribution is -0.112. The number of piperidine rings is 1. The summed E-state index contributed by atoms with van der Waals surface area (Å²) in [7, 11) is -3.59. The molecule has 0 saturated carbocycles. The van der Waals surface area contributed by atoms with E-state index in [1.807, 2.05) is 0 Å². The zero-order chi connectivity index (χ0) is 19.4. The summed E-state index contributed by atoms with van der Waals surface area (Å²) in [5.41, 5.74) is 0.954. The molecule has 1 fully saturated rings. The highest BCUT2D eigenvalue weighted by Crippen LogP contribution is 2.23. The van der Waals surface area contributed by atoms with Gasteiger partial charge in [0.2, 0.25) is 10.0 Å². The molecule has 2 heterocycles. The molecule has 144 valence electrons. The van der Waals surface area contributed by atoms with Gasteiger partial charge < -0.3 is 9.53 Å². The van der Waals surface area contributed by atoms with Gasteiger partial charge >= 0.3 is 5.97 Å². The maximum absolute atomic E-state index is 12.7. The quantitative estimate of drug-likeness (QED) is 0.548. The number of sulfonamides is 1. The molecule has 0 aliphatic carbocycles. The number of rotatable bonds is 6. The van der Waals surface area contributed by atoms with Crippen LogP contribution < -0.4 is 0 Å². The van der Waals surface area contributed by atoms with E-state index in [2.05, 4.69) is 5.10 Å². The van der Waals surface area contributed by atoms with Crippen LogP contribution in [0.15, 0.2) is 41.6 Å². The van der Waals surface area contributed by atoms with E-state index in [1.54, 1.807) is 19.1 Å². The minimum absolute atomic E-state index is 0.0627. The van der Waals surface area contributed by atoms with E-state index < -0.39 is 16.0 Å². The molecule has 1 saturated heterocycles. The fraction of sp³-hybridized carbons (Fsp3) is 0.389. The summed E-state index contributed by atoms with van der Waals surface area (Å²) in [5.74, 6) is -0.520. The van der Waals surface area contributed by atoms with Crippen molar-refractivity contribution in [3.63, 3.8) is 0 Å². The maximum Gasteiger partial charge on any atom is 0.341 e. The standard InChI is InChI=1S/C18H21N3O5S/c1-2-26-18(23)15-11-19-21(12-15)16-3-5-17(6-4-16)27(24,25)20-9-7-14(13-22)8-10-20/h3-6,11-14H,2,7-10H2,1H3. The topological polar surface area (TPSA) is 98.6 Å². The minimum Gasteiger partial charge on any atom is -0.462 e. The number of hydrogen-bond donors (Lipinski definition) is 0. The number of ether oxygens (including phenoxy) is 1. The van der Waals surface area contributed by atoms with Crippen molar-refractivity contribution in [1.29, 1.82) is 0 Å². The Morgan fingerprint density at radius 2 is 1.93 bits per heavy atom. The smallest absolute Gasteiger partial charge is 0.341 e. The van der Waals surface area contributed by atoms with Crippen LogP contribution in [-0.2, 0) is 19.6 Å². The van der Waals surface area contributed by atoms with Crippen LogP contribution in [0.5, 0.6) is 0 Å². The Hall–Kier alpha value is -2.52. The molecule has 0 atom stereocenters. The Morgan fingerprint density at radius 3 is 2.52 bits per heavy atom. The second-order valence-electron chi connectivity index (χ2n) is 6.27. The minimum atomic E-state index is -3.59. The van der Waals surface area contributed by atoms with Crippen molar-refractivity contribution in [2.45, 2.75) is 24.7 Å². The molecule has 0 spiro atoms. The van der Waals surface area contributed by atoms with E-state index in [4.69, 9.17) is 4.74 Å². The summed E-state index contributed by atoms with van der Waals surface area (Å²) in [6.07, 6.45) is 4.92. The summed E-state index contributed by atoms with van der Waals surface area (Å²) < 4.78 is 33.3. The highest BCUT2D eigenvalue weighted by molar-refractivity contribution is 7.89. The Kier molecular flexibility index (Phi) is 5.71. The normalized spacial score (nSPS) is 16.2. The van der Waals surface area contributed by atoms with Crippen LogP contribution in [0.2, 0.25) is 0 Å². The van der Waals surface area contributed by atoms with Crippen molar-refractivity contribution in [3.8, 4) is 5.69 Å². The fourth-order valence-electron chi connectivity index (χ4n) is 2.96. The zero-order valence-electron chi connectivity index (χ0n) is 14.9. The molecule has 1 aromatic carbocycles. The van der Waals surface area contributed by atoms with Gasteiger partial charge in [-0.25, -0.2) is 17.9 Å². The summed E-state index contributed by atoms with van der Waals surface area (Å²) in [6, 6.07) is 6.30. The highest BCUT2D eigenvalue weighted by atomic mass is 32.2. The lowest BCUT2D eigenvalue weighted by Crippen LogP contribution is -2.38. The van der Waals surface area contributed by atoms with E-state index in [0.29, 0.717) is 37.2 Å². The number of esters is 1. The maximum atomic E-state index is 12.7. The van der Waals surface area contributed by atoms with Gasteiger partial charge in [0.1, 0.15) is 6.29 Å². The first-order chi connectivity index (χ1) is 13.0. The van der Waals surface area contributed by atoms with Crippen LogP contribution in [-0.4, -0.2) is 54.5 Å². The monoisotopic (exact) mass is 391 g/mol. The molecule has 8 nitrogen and oxygen atoms in total. The largest absolute Gasteiger partial charge is 0.462 e. The predicted molar refractivity (Wildman–Crippen MR) is 97.1 cm³/mol. The van der Waals surface area contributed by atoms with Crippen LogP contribution in [0, 0.1) is 5.92 Å². The van der Waals surface area contributed by atoms with E-state index in [1.165, 1.54) is 33.5 Å². The molecular weight excluding hydrogens is 370 g/mol. The van der Waals surface area contributed by atoms with Crippen LogP contribution in [0.25, 0.3) is 5.69 Å². The molecule has 27 heavy (non-hydrogen) atoms. The molecule has 3 rings (SSSR count). The van der Waals surface area contributed by atoms with E-state index in [0.717, 1.165) is 6.29 Å². The summed E-state index contributed by atoms with van der Waals surface area (Å²) in [5, 5.41) is 4.11. The van der Waals surface area contributed by atoms with Crippen molar-refractivity contribution in [1.82, 2.24) is 14.1 Å². The average Bonchev–Trinajstić information content (AvgIpc) is 3.19. The number of hydrogen-bond acceptors (Lipinski definition) is 6. The van der Waals surface area contributed by atoms with E-state index in [-0.39, 0.29) is 17.4 Å². The third-order valence-corrected chi connectivity index (χ3v) is 6.44. The van der Waals surface area contributed by atoms with Crippen molar-refractivity contribution in [2.75, 3.05) is 19.7 Å². The van der Waals surface area contributed by atoms with Gasteiger partial charge in [-0.15, -0.1) is 0 Å². The molecule has 1 aliphatic rings. The first-order valence-electron chi connectivity index (χ1n) is 8.73. The van der Waals surface area contributed by atoms with Crippen LogP contribution in [0.3, 0.4) is 0 Å². The van der Waals surface area contributed by atoms with Gasteiger partial charge in [0, 0.05) is 25.2 Å². The second-order valence-corrected chi connectivity index (χ2v) is 8.20. The number of benzene rings is 1. The van der Waals surface area contributed by atoms with E-state index in [9.17, 15) is 18.0 Å². The van der Waals surface area contributed by atoms with Gasteiger partial charge in [-0.3, -0.25) is 0 Å². The Bertz CT molecular complexity index is 913. The van der Waals surface area contributed by atoms with Gasteiger partial charge in [0.25, 0.3) is 0 Å². The van der Waals surface area contributed by atoms with E-state index >= 15 is 0 Å². The van der Waals surface area contributed by atoms with Gasteiger partial charge in [-0.2, -0.15) is 9.40 Å². The first-order valence-corrected chi connectivity index (χ1v) is 10.2. The van der Waals surface area contributed by atoms with Crippen molar-refractivity contribution in [2.24, 2.45) is 5.92 Å². The second kappa shape index (κ2) is 8.01. The van der Waals surface area contributed by atoms with Crippen LogP contribution in [0.1, 0.15) is 30.1 Å². The zero-order valence-corrected chi connectivity index (χ0v) is 15.8. The van der Waals surface area contributed by atoms with Gasteiger partial charge in [0.05, 0.1) is 29.0 Å². The fourth-order valence-corrected chi connectivity index (χ4v) is 4.43. The molecule has 0 amide bonds. The molecule has 1 aromatic heterocycles. The molecule has 1 aliphatic heterocycles. The lowest BCUT2D eigenvalue weighted by Gasteiger charge is -2.28. The highest BCUT2D eigenvalue weighted by Gasteiger charge is 2.29. The number of aromatic nitrogens is 2. The molecule has 9 heteroatoms. The number of carbonyl (C=O) groups is 2. The van der Waals surface area contributed by atoms with Crippen molar-refractivity contribution < 1.29 is 22.7 Å². The lowest BCUT2D eigenvalue weighted by atomic mass is 10.0. The van der Waals surface area contributed by atoms with Crippen molar-refractivity contribution >= 4 is 22.3 Å². The van der Waals surface area contributed by atoms with Crippen molar-refractivity contribution in [3.05, 3.63) is 42.2 Å². The number of aldehydes is 1. The SMILES string of the molecule is CCOC(=O)c1cnn(-c2ccc(S(=O)(=O)N3CCC(C=O)CC3)cc2)c1. The predicted octanol–water partition coefficient (Wildman–Crippen LogP) is 1.65. The molecule has 2 aromatic rings. The Morgan fingerprint density at radius 1 is 1.26 bits per heavy atom. The number of nitrogens with zero attached hydrogens (tertiary/aromatic N) is 3. The third kappa shape index (κ3) is 4.09.